The average molecular weight is 360 g/mol. The summed E-state index contributed by atoms with van der Waals surface area (Å²) in [5.41, 5.74) is 0.631. The van der Waals surface area contributed by atoms with Crippen LogP contribution in [0.3, 0.4) is 0 Å². The van der Waals surface area contributed by atoms with E-state index in [2.05, 4.69) is 5.32 Å². The number of thioether (sulfide) groups is 1. The maximum absolute atomic E-state index is 11.8. The van der Waals surface area contributed by atoms with Crippen molar-refractivity contribution in [3.05, 3.63) is 64.2 Å². The topological polar surface area (TPSA) is 81.5 Å². The van der Waals surface area contributed by atoms with Gasteiger partial charge in [-0.25, -0.2) is 0 Å². The zero-order valence-electron chi connectivity index (χ0n) is 13.9. The lowest BCUT2D eigenvalue weighted by molar-refractivity contribution is -0.385. The van der Waals surface area contributed by atoms with Crippen molar-refractivity contribution >= 4 is 23.4 Å². The van der Waals surface area contributed by atoms with Gasteiger partial charge in [0.1, 0.15) is 0 Å². The fourth-order valence-electron chi connectivity index (χ4n) is 2.09. The Morgan fingerprint density at radius 3 is 2.72 bits per heavy atom. The van der Waals surface area contributed by atoms with E-state index in [9.17, 15) is 14.9 Å². The van der Waals surface area contributed by atoms with E-state index >= 15 is 0 Å². The monoisotopic (exact) mass is 360 g/mol. The van der Waals surface area contributed by atoms with Crippen molar-refractivity contribution in [2.45, 2.75) is 18.2 Å². The average Bonchev–Trinajstić information content (AvgIpc) is 2.61. The molecule has 7 heteroatoms. The van der Waals surface area contributed by atoms with Crippen molar-refractivity contribution in [3.8, 4) is 5.75 Å². The molecule has 0 fully saturated rings. The Morgan fingerprint density at radius 2 is 2.00 bits per heavy atom. The van der Waals surface area contributed by atoms with Crippen LogP contribution in [0.4, 0.5) is 5.69 Å². The van der Waals surface area contributed by atoms with Gasteiger partial charge in [0.15, 0.2) is 12.4 Å². The molecule has 1 amide bonds. The summed E-state index contributed by atoms with van der Waals surface area (Å²) in [6, 6.07) is 14.7. The van der Waals surface area contributed by atoms with Crippen LogP contribution in [0.25, 0.3) is 0 Å². The van der Waals surface area contributed by atoms with Crippen molar-refractivity contribution in [1.29, 1.82) is 0 Å². The first kappa shape index (κ1) is 18.8. The molecule has 0 radical (unpaired) electrons. The number of amides is 1. The highest BCUT2D eigenvalue weighted by molar-refractivity contribution is 7.99. The third-order valence-electron chi connectivity index (χ3n) is 3.33. The summed E-state index contributed by atoms with van der Waals surface area (Å²) in [6.07, 6.45) is 0.829. The Kier molecular flexibility index (Phi) is 7.28. The minimum Gasteiger partial charge on any atom is -0.477 e. The maximum Gasteiger partial charge on any atom is 0.311 e. The van der Waals surface area contributed by atoms with E-state index in [4.69, 9.17) is 4.74 Å². The van der Waals surface area contributed by atoms with Crippen molar-refractivity contribution in [2.75, 3.05) is 18.9 Å². The lowest BCUT2D eigenvalue weighted by Gasteiger charge is -2.08. The molecule has 2 aromatic rings. The molecule has 25 heavy (non-hydrogen) atoms. The molecule has 132 valence electrons. The number of hydrogen-bond acceptors (Lipinski definition) is 5. The molecule has 0 unspecified atom stereocenters. The Hall–Kier alpha value is -2.54. The summed E-state index contributed by atoms with van der Waals surface area (Å²) < 4.78 is 5.28. The number of nitro benzene ring substituents is 1. The minimum atomic E-state index is -0.513. The zero-order chi connectivity index (χ0) is 18.1. The van der Waals surface area contributed by atoms with E-state index in [1.165, 1.54) is 17.0 Å². The van der Waals surface area contributed by atoms with Crippen molar-refractivity contribution in [1.82, 2.24) is 5.32 Å². The molecule has 2 rings (SSSR count). The summed E-state index contributed by atoms with van der Waals surface area (Å²) in [5, 5.41) is 13.8. The van der Waals surface area contributed by atoms with E-state index in [1.54, 1.807) is 24.8 Å². The second-order valence-electron chi connectivity index (χ2n) is 5.38. The van der Waals surface area contributed by atoms with Crippen LogP contribution in [0.15, 0.2) is 53.4 Å². The van der Waals surface area contributed by atoms with Gasteiger partial charge >= 0.3 is 5.69 Å². The molecule has 0 aliphatic rings. The van der Waals surface area contributed by atoms with Crippen LogP contribution in [0.5, 0.6) is 5.75 Å². The van der Waals surface area contributed by atoms with Crippen molar-refractivity contribution < 1.29 is 14.5 Å². The van der Waals surface area contributed by atoms with Crippen LogP contribution >= 0.6 is 11.8 Å². The van der Waals surface area contributed by atoms with E-state index < -0.39 is 4.92 Å². The van der Waals surface area contributed by atoms with Crippen LogP contribution in [0.1, 0.15) is 12.0 Å². The smallest absolute Gasteiger partial charge is 0.311 e. The van der Waals surface area contributed by atoms with Crippen LogP contribution in [-0.4, -0.2) is 29.7 Å². The van der Waals surface area contributed by atoms with Gasteiger partial charge in [-0.3, -0.25) is 14.9 Å². The van der Waals surface area contributed by atoms with Crippen LogP contribution in [0, 0.1) is 17.0 Å². The highest BCUT2D eigenvalue weighted by Crippen LogP contribution is 2.27. The highest BCUT2D eigenvalue weighted by atomic mass is 32.2. The number of nitrogens with one attached hydrogen (secondary N) is 1. The number of carbonyl (C=O) groups is 1. The molecule has 0 aromatic heterocycles. The molecule has 0 spiro atoms. The molecule has 0 atom stereocenters. The van der Waals surface area contributed by atoms with Crippen molar-refractivity contribution in [2.24, 2.45) is 0 Å². The lowest BCUT2D eigenvalue weighted by Crippen LogP contribution is -2.30. The molecular formula is C18H20N2O4S. The minimum absolute atomic E-state index is 0.102. The number of hydrogen-bond donors (Lipinski definition) is 1. The van der Waals surface area contributed by atoms with E-state index in [1.807, 2.05) is 30.3 Å². The quantitative estimate of drug-likeness (QED) is 0.320. The Balaban J connectivity index is 1.68. The van der Waals surface area contributed by atoms with Crippen LogP contribution < -0.4 is 10.1 Å². The lowest BCUT2D eigenvalue weighted by atomic mass is 10.2. The first-order chi connectivity index (χ1) is 12.1. The number of aryl methyl sites for hydroxylation is 1. The number of rotatable bonds is 9. The van der Waals surface area contributed by atoms with E-state index in [-0.39, 0.29) is 24.0 Å². The van der Waals surface area contributed by atoms with Gasteiger partial charge in [0.2, 0.25) is 0 Å². The molecule has 1 N–H and O–H groups in total. The Labute approximate surface area is 150 Å². The van der Waals surface area contributed by atoms with Crippen LogP contribution in [-0.2, 0) is 4.79 Å². The molecule has 0 aliphatic heterocycles. The number of ether oxygens (including phenoxy) is 1. The number of nitrogens with zero attached hydrogens (tertiary/aromatic N) is 1. The molecule has 2 aromatic carbocycles. The molecule has 0 aliphatic carbocycles. The van der Waals surface area contributed by atoms with Gasteiger partial charge in [-0.2, -0.15) is 0 Å². The van der Waals surface area contributed by atoms with Gasteiger partial charge in [-0.1, -0.05) is 24.3 Å². The fourth-order valence-corrected chi connectivity index (χ4v) is 2.97. The Bertz CT molecular complexity index is 722. The van der Waals surface area contributed by atoms with Gasteiger partial charge in [0.05, 0.1) is 4.92 Å². The van der Waals surface area contributed by atoms with E-state index in [0.717, 1.165) is 17.7 Å². The second-order valence-corrected chi connectivity index (χ2v) is 6.55. The number of carbonyl (C=O) groups excluding carboxylic acids is 1. The van der Waals surface area contributed by atoms with Gasteiger partial charge in [0.25, 0.3) is 5.91 Å². The third-order valence-corrected chi connectivity index (χ3v) is 4.42. The van der Waals surface area contributed by atoms with Gasteiger partial charge < -0.3 is 10.1 Å². The SMILES string of the molecule is Cc1ccc(OCC(=O)NCCCSc2ccccc2)c([N+](=O)[O-])c1. The maximum atomic E-state index is 11.8. The summed E-state index contributed by atoms with van der Waals surface area (Å²) in [4.78, 5) is 23.5. The number of nitro groups is 1. The molecule has 0 heterocycles. The van der Waals surface area contributed by atoms with Crippen molar-refractivity contribution in [3.63, 3.8) is 0 Å². The van der Waals surface area contributed by atoms with Gasteiger partial charge in [0, 0.05) is 17.5 Å². The summed E-state index contributed by atoms with van der Waals surface area (Å²) in [6.45, 7) is 2.06. The first-order valence-corrected chi connectivity index (χ1v) is 8.87. The Morgan fingerprint density at radius 1 is 1.24 bits per heavy atom. The zero-order valence-corrected chi connectivity index (χ0v) is 14.8. The molecule has 0 saturated carbocycles. The largest absolute Gasteiger partial charge is 0.477 e. The number of benzene rings is 2. The standard InChI is InChI=1S/C18H20N2O4S/c1-14-8-9-17(16(12-14)20(22)23)24-13-18(21)19-10-5-11-25-15-6-3-2-4-7-15/h2-4,6-9,12H,5,10-11,13H2,1H3,(H,19,21). The predicted molar refractivity (Wildman–Crippen MR) is 98.1 cm³/mol. The summed E-state index contributed by atoms with van der Waals surface area (Å²) in [7, 11) is 0. The molecule has 0 saturated heterocycles. The normalized spacial score (nSPS) is 10.3. The van der Waals surface area contributed by atoms with Gasteiger partial charge in [-0.15, -0.1) is 11.8 Å². The van der Waals surface area contributed by atoms with E-state index in [0.29, 0.717) is 6.54 Å². The molecule has 0 bridgehead atoms. The molecular weight excluding hydrogens is 340 g/mol. The summed E-state index contributed by atoms with van der Waals surface area (Å²) in [5.74, 6) is 0.708. The second kappa shape index (κ2) is 9.68. The predicted octanol–water partition coefficient (Wildman–Crippen LogP) is 3.58. The highest BCUT2D eigenvalue weighted by Gasteiger charge is 2.16. The third kappa shape index (κ3) is 6.46. The fraction of sp³-hybridized carbons (Fsp3) is 0.278. The molecule has 6 nitrogen and oxygen atoms in total. The first-order valence-electron chi connectivity index (χ1n) is 7.88. The summed E-state index contributed by atoms with van der Waals surface area (Å²) >= 11 is 1.73. The van der Waals surface area contributed by atoms with Gasteiger partial charge in [-0.05, 0) is 42.9 Å². The van der Waals surface area contributed by atoms with Crippen LogP contribution in [0.2, 0.25) is 0 Å².